The number of rotatable bonds is 4. The van der Waals surface area contributed by atoms with Gasteiger partial charge in [-0.05, 0) is 24.6 Å². The molecule has 0 fully saturated rings. The number of ether oxygens (including phenoxy) is 2. The minimum absolute atomic E-state index is 0.0478. The molecule has 2 rings (SSSR count). The molecule has 1 heterocycles. The van der Waals surface area contributed by atoms with E-state index in [1.54, 1.807) is 12.1 Å². The van der Waals surface area contributed by atoms with Crippen LogP contribution in [0.25, 0.3) is 11.3 Å². The summed E-state index contributed by atoms with van der Waals surface area (Å²) < 4.78 is 10.4. The molecule has 0 saturated heterocycles. The molecule has 0 aliphatic rings. The molecule has 0 bridgehead atoms. The molecule has 0 aliphatic carbocycles. The molecule has 7 heteroatoms. The van der Waals surface area contributed by atoms with Gasteiger partial charge in [0.05, 0.1) is 14.2 Å². The lowest BCUT2D eigenvalue weighted by molar-refractivity contribution is 0.0692. The van der Waals surface area contributed by atoms with Crippen LogP contribution >= 0.6 is 0 Å². The number of methoxy groups -OCH3 is 2. The smallest absolute Gasteiger partial charge is 0.354 e. The Bertz CT molecular complexity index is 664. The predicted octanol–water partition coefficient (Wildman–Crippen LogP) is 1.68. The molecular weight excluding hydrogens is 262 g/mol. The Morgan fingerprint density at radius 1 is 1.30 bits per heavy atom. The fourth-order valence-electron chi connectivity index (χ4n) is 1.98. The number of nitrogens with two attached hydrogens (primary N) is 1. The predicted molar refractivity (Wildman–Crippen MR) is 73.2 cm³/mol. The van der Waals surface area contributed by atoms with E-state index in [-0.39, 0.29) is 17.3 Å². The molecule has 0 amide bonds. The van der Waals surface area contributed by atoms with Gasteiger partial charge in [-0.1, -0.05) is 0 Å². The van der Waals surface area contributed by atoms with E-state index >= 15 is 0 Å². The van der Waals surface area contributed by atoms with Crippen LogP contribution in [0.2, 0.25) is 0 Å². The number of nitrogens with zero attached hydrogens (tertiary/aromatic N) is 1. The summed E-state index contributed by atoms with van der Waals surface area (Å²) in [6.07, 6.45) is 0. The Hall–Kier alpha value is -2.70. The van der Waals surface area contributed by atoms with Gasteiger partial charge in [-0.3, -0.25) is 0 Å². The summed E-state index contributed by atoms with van der Waals surface area (Å²) in [5.41, 5.74) is 7.18. The van der Waals surface area contributed by atoms with E-state index in [4.69, 9.17) is 15.2 Å². The summed E-state index contributed by atoms with van der Waals surface area (Å²) in [6.45, 7) is 1.83. The standard InChI is InChI=1S/C13H15N3O4/c1-6-4-8(19-2)9(20-3)5-7(6)10-11(12(17)18)16-13(14)15-10/h4-5H,1-3H3,(H,17,18)(H3,14,15,16). The molecule has 0 atom stereocenters. The van der Waals surface area contributed by atoms with E-state index in [0.717, 1.165) is 5.56 Å². The van der Waals surface area contributed by atoms with Crippen molar-refractivity contribution in [3.63, 3.8) is 0 Å². The number of aromatic amines is 1. The molecule has 2 aromatic rings. The van der Waals surface area contributed by atoms with Gasteiger partial charge in [0.15, 0.2) is 23.1 Å². The molecule has 1 aromatic carbocycles. The van der Waals surface area contributed by atoms with E-state index in [2.05, 4.69) is 9.97 Å². The lowest BCUT2D eigenvalue weighted by Crippen LogP contribution is -2.01. The third-order valence-corrected chi connectivity index (χ3v) is 2.92. The number of hydrogen-bond donors (Lipinski definition) is 3. The molecule has 0 spiro atoms. The molecule has 4 N–H and O–H groups in total. The van der Waals surface area contributed by atoms with Gasteiger partial charge < -0.3 is 25.3 Å². The zero-order valence-electron chi connectivity index (χ0n) is 11.4. The monoisotopic (exact) mass is 277 g/mol. The number of nitrogen functional groups attached to an aromatic ring is 1. The first-order chi connectivity index (χ1) is 9.47. The summed E-state index contributed by atoms with van der Waals surface area (Å²) in [4.78, 5) is 17.8. The molecule has 0 unspecified atom stereocenters. The normalized spacial score (nSPS) is 10.3. The second-order valence-electron chi connectivity index (χ2n) is 4.17. The molecule has 7 nitrogen and oxygen atoms in total. The molecule has 0 saturated carbocycles. The quantitative estimate of drug-likeness (QED) is 0.784. The van der Waals surface area contributed by atoms with Crippen molar-refractivity contribution in [3.05, 3.63) is 23.4 Å². The van der Waals surface area contributed by atoms with Gasteiger partial charge in [0.2, 0.25) is 0 Å². The van der Waals surface area contributed by atoms with Gasteiger partial charge in [0.1, 0.15) is 5.69 Å². The van der Waals surface area contributed by atoms with Crippen LogP contribution in [0.5, 0.6) is 11.5 Å². The van der Waals surface area contributed by atoms with E-state index in [1.165, 1.54) is 14.2 Å². The second-order valence-corrected chi connectivity index (χ2v) is 4.17. The highest BCUT2D eigenvalue weighted by atomic mass is 16.5. The zero-order valence-corrected chi connectivity index (χ0v) is 11.4. The van der Waals surface area contributed by atoms with Crippen LogP contribution in [-0.4, -0.2) is 35.3 Å². The van der Waals surface area contributed by atoms with E-state index < -0.39 is 5.97 Å². The highest BCUT2D eigenvalue weighted by molar-refractivity contribution is 5.94. The van der Waals surface area contributed by atoms with Gasteiger partial charge >= 0.3 is 5.97 Å². The highest BCUT2D eigenvalue weighted by Gasteiger charge is 2.20. The number of carboxylic acid groups (broad SMARTS) is 1. The Balaban J connectivity index is 2.66. The maximum atomic E-state index is 11.2. The van der Waals surface area contributed by atoms with Gasteiger partial charge in [0.25, 0.3) is 0 Å². The Labute approximate surface area is 115 Å². The number of benzene rings is 1. The van der Waals surface area contributed by atoms with Crippen molar-refractivity contribution in [1.29, 1.82) is 0 Å². The van der Waals surface area contributed by atoms with Gasteiger partial charge in [0, 0.05) is 5.56 Å². The molecule has 1 aromatic heterocycles. The van der Waals surface area contributed by atoms with Crippen LogP contribution in [0, 0.1) is 6.92 Å². The molecule has 0 aliphatic heterocycles. The zero-order chi connectivity index (χ0) is 14.9. The Morgan fingerprint density at radius 3 is 2.45 bits per heavy atom. The largest absolute Gasteiger partial charge is 0.493 e. The van der Waals surface area contributed by atoms with Crippen LogP contribution in [0.3, 0.4) is 0 Å². The minimum Gasteiger partial charge on any atom is -0.493 e. The number of aromatic nitrogens is 2. The first-order valence-electron chi connectivity index (χ1n) is 5.79. The summed E-state index contributed by atoms with van der Waals surface area (Å²) >= 11 is 0. The topological polar surface area (TPSA) is 110 Å². The van der Waals surface area contributed by atoms with Crippen LogP contribution in [0.4, 0.5) is 5.95 Å². The average Bonchev–Trinajstić information content (AvgIpc) is 2.80. The number of nitrogens with one attached hydrogen (secondary N) is 1. The summed E-state index contributed by atoms with van der Waals surface area (Å²) in [5, 5.41) is 9.18. The number of anilines is 1. The number of H-pyrrole nitrogens is 1. The summed E-state index contributed by atoms with van der Waals surface area (Å²) in [7, 11) is 3.04. The van der Waals surface area contributed by atoms with Crippen molar-refractivity contribution in [2.75, 3.05) is 20.0 Å². The number of imidazole rings is 1. The highest BCUT2D eigenvalue weighted by Crippen LogP contribution is 2.36. The van der Waals surface area contributed by atoms with E-state index in [9.17, 15) is 9.90 Å². The van der Waals surface area contributed by atoms with Crippen molar-refractivity contribution in [2.45, 2.75) is 6.92 Å². The average molecular weight is 277 g/mol. The van der Waals surface area contributed by atoms with Crippen molar-refractivity contribution in [1.82, 2.24) is 9.97 Å². The fourth-order valence-corrected chi connectivity index (χ4v) is 1.98. The fraction of sp³-hybridized carbons (Fsp3) is 0.231. The maximum absolute atomic E-state index is 11.2. The lowest BCUT2D eigenvalue weighted by atomic mass is 10.0. The first-order valence-corrected chi connectivity index (χ1v) is 5.79. The van der Waals surface area contributed by atoms with Gasteiger partial charge in [-0.2, -0.15) is 0 Å². The molecule has 106 valence electrons. The van der Waals surface area contributed by atoms with Crippen molar-refractivity contribution >= 4 is 11.9 Å². The van der Waals surface area contributed by atoms with Crippen LogP contribution in [0.1, 0.15) is 16.1 Å². The molecule has 0 radical (unpaired) electrons. The third-order valence-electron chi connectivity index (χ3n) is 2.92. The number of aromatic carboxylic acids is 1. The van der Waals surface area contributed by atoms with E-state index in [0.29, 0.717) is 17.1 Å². The summed E-state index contributed by atoms with van der Waals surface area (Å²) in [6, 6.07) is 3.43. The van der Waals surface area contributed by atoms with Crippen LogP contribution in [-0.2, 0) is 0 Å². The van der Waals surface area contributed by atoms with Crippen LogP contribution in [0.15, 0.2) is 12.1 Å². The van der Waals surface area contributed by atoms with Crippen molar-refractivity contribution in [2.24, 2.45) is 0 Å². The summed E-state index contributed by atoms with van der Waals surface area (Å²) in [5.74, 6) is -0.0230. The van der Waals surface area contributed by atoms with Crippen molar-refractivity contribution < 1.29 is 19.4 Å². The SMILES string of the molecule is COc1cc(C)c(-c2nc(N)[nH]c2C(=O)O)cc1OC. The minimum atomic E-state index is -1.13. The number of aryl methyl sites for hydroxylation is 1. The molecular formula is C13H15N3O4. The number of carbonyl (C=O) groups is 1. The first kappa shape index (κ1) is 13.7. The van der Waals surface area contributed by atoms with E-state index in [1.807, 2.05) is 6.92 Å². The second kappa shape index (κ2) is 5.12. The number of carboxylic acids is 1. The number of hydrogen-bond acceptors (Lipinski definition) is 5. The molecule has 20 heavy (non-hydrogen) atoms. The maximum Gasteiger partial charge on any atom is 0.354 e. The Morgan fingerprint density at radius 2 is 1.90 bits per heavy atom. The lowest BCUT2D eigenvalue weighted by Gasteiger charge is -2.12. The third kappa shape index (κ3) is 2.25. The Kier molecular flexibility index (Phi) is 3.51. The van der Waals surface area contributed by atoms with Gasteiger partial charge in [-0.25, -0.2) is 9.78 Å². The van der Waals surface area contributed by atoms with Crippen LogP contribution < -0.4 is 15.2 Å². The van der Waals surface area contributed by atoms with Gasteiger partial charge in [-0.15, -0.1) is 0 Å². The van der Waals surface area contributed by atoms with Crippen molar-refractivity contribution in [3.8, 4) is 22.8 Å².